The third-order valence-electron chi connectivity index (χ3n) is 6.95. The lowest BCUT2D eigenvalue weighted by atomic mass is 9.95. The molecule has 0 unspecified atom stereocenters. The standard InChI is InChI=1S/C25H35ClN4O2/c1-18-5-3-4-13-30(18)16-12-27-24(31)20-10-14-29(15-11-20)17-23-19(2)32-25(28-23)21-6-8-22(26)9-7-21/h6-9,18,20H,3-5,10-17H2,1-2H3,(H,27,31)/t18-/m0/s1. The van der Waals surface area contributed by atoms with Crippen molar-refractivity contribution in [3.63, 3.8) is 0 Å². The van der Waals surface area contributed by atoms with Crippen LogP contribution in [0.3, 0.4) is 0 Å². The van der Waals surface area contributed by atoms with Crippen LogP contribution in [0.4, 0.5) is 0 Å². The van der Waals surface area contributed by atoms with Crippen LogP contribution < -0.4 is 5.32 Å². The summed E-state index contributed by atoms with van der Waals surface area (Å²) >= 11 is 5.98. The Bertz CT molecular complexity index is 890. The van der Waals surface area contributed by atoms with Crippen LogP contribution in [0.15, 0.2) is 28.7 Å². The molecule has 6 nitrogen and oxygen atoms in total. The van der Waals surface area contributed by atoms with Gasteiger partial charge < -0.3 is 9.73 Å². The Hall–Kier alpha value is -1.89. The molecule has 4 rings (SSSR count). The Kier molecular flexibility index (Phi) is 7.87. The predicted molar refractivity (Wildman–Crippen MR) is 128 cm³/mol. The Morgan fingerprint density at radius 1 is 1.16 bits per heavy atom. The summed E-state index contributed by atoms with van der Waals surface area (Å²) in [6.07, 6.45) is 5.68. The second-order valence-corrected chi connectivity index (χ2v) is 9.69. The maximum atomic E-state index is 12.6. The zero-order chi connectivity index (χ0) is 22.5. The minimum atomic E-state index is 0.119. The van der Waals surface area contributed by atoms with E-state index in [0.29, 0.717) is 17.0 Å². The van der Waals surface area contributed by atoms with Crippen LogP contribution in [0, 0.1) is 12.8 Å². The maximum absolute atomic E-state index is 12.6. The van der Waals surface area contributed by atoms with Gasteiger partial charge in [-0.3, -0.25) is 14.6 Å². The van der Waals surface area contributed by atoms with Crippen LogP contribution in [-0.2, 0) is 11.3 Å². The smallest absolute Gasteiger partial charge is 0.226 e. The van der Waals surface area contributed by atoms with Crippen LogP contribution >= 0.6 is 11.6 Å². The number of hydrogen-bond acceptors (Lipinski definition) is 5. The first-order chi connectivity index (χ1) is 15.5. The summed E-state index contributed by atoms with van der Waals surface area (Å²) in [5.41, 5.74) is 1.89. The monoisotopic (exact) mass is 458 g/mol. The van der Waals surface area contributed by atoms with E-state index in [1.165, 1.54) is 19.3 Å². The number of aromatic nitrogens is 1. The molecule has 1 aromatic carbocycles. The van der Waals surface area contributed by atoms with Crippen LogP contribution in [0.5, 0.6) is 0 Å². The number of rotatable bonds is 7. The van der Waals surface area contributed by atoms with Crippen molar-refractivity contribution in [3.05, 3.63) is 40.7 Å². The molecule has 1 N–H and O–H groups in total. The highest BCUT2D eigenvalue weighted by atomic mass is 35.5. The molecule has 1 amide bonds. The second kappa shape index (κ2) is 10.8. The number of amides is 1. The van der Waals surface area contributed by atoms with Crippen LogP contribution in [0.1, 0.15) is 50.5 Å². The molecule has 3 heterocycles. The molecule has 0 spiro atoms. The van der Waals surface area contributed by atoms with Crippen molar-refractivity contribution in [1.82, 2.24) is 20.1 Å². The van der Waals surface area contributed by atoms with Gasteiger partial charge in [-0.1, -0.05) is 18.0 Å². The zero-order valence-electron chi connectivity index (χ0n) is 19.3. The highest BCUT2D eigenvalue weighted by molar-refractivity contribution is 6.30. The largest absolute Gasteiger partial charge is 0.441 e. The van der Waals surface area contributed by atoms with Crippen LogP contribution in [-0.4, -0.2) is 59.5 Å². The van der Waals surface area contributed by atoms with Gasteiger partial charge in [0.15, 0.2) is 0 Å². The first-order valence-electron chi connectivity index (χ1n) is 12.0. The van der Waals surface area contributed by atoms with E-state index >= 15 is 0 Å². The van der Waals surface area contributed by atoms with Gasteiger partial charge in [0.1, 0.15) is 5.76 Å². The second-order valence-electron chi connectivity index (χ2n) is 9.25. The molecule has 0 bridgehead atoms. The van der Waals surface area contributed by atoms with E-state index in [9.17, 15) is 4.79 Å². The fraction of sp³-hybridized carbons (Fsp3) is 0.600. The number of halogens is 1. The summed E-state index contributed by atoms with van der Waals surface area (Å²) < 4.78 is 5.89. The number of carbonyl (C=O) groups excluding carboxylic acids is 1. The number of carbonyl (C=O) groups is 1. The van der Waals surface area contributed by atoms with Crippen molar-refractivity contribution in [2.45, 2.75) is 58.5 Å². The van der Waals surface area contributed by atoms with Crippen LogP contribution in [0.2, 0.25) is 5.02 Å². The van der Waals surface area contributed by atoms with Crippen molar-refractivity contribution in [1.29, 1.82) is 0 Å². The van der Waals surface area contributed by atoms with Crippen molar-refractivity contribution in [2.75, 3.05) is 32.7 Å². The first kappa shape index (κ1) is 23.3. The summed E-state index contributed by atoms with van der Waals surface area (Å²) in [7, 11) is 0. The number of oxazole rings is 1. The molecular formula is C25H35ClN4O2. The molecule has 0 radical (unpaired) electrons. The van der Waals surface area contributed by atoms with Crippen LogP contribution in [0.25, 0.3) is 11.5 Å². The van der Waals surface area contributed by atoms with Crippen molar-refractivity contribution < 1.29 is 9.21 Å². The molecule has 1 aromatic heterocycles. The van der Waals surface area contributed by atoms with Gasteiger partial charge in [0.05, 0.1) is 5.69 Å². The quantitative estimate of drug-likeness (QED) is 0.661. The molecule has 1 atom stereocenters. The number of aryl methyl sites for hydroxylation is 1. The molecule has 2 aliphatic rings. The van der Waals surface area contributed by atoms with Crippen molar-refractivity contribution in [3.8, 4) is 11.5 Å². The zero-order valence-corrected chi connectivity index (χ0v) is 20.0. The highest BCUT2D eigenvalue weighted by Crippen LogP contribution is 2.25. The van der Waals surface area contributed by atoms with E-state index in [2.05, 4.69) is 22.0 Å². The Labute approximate surface area is 196 Å². The van der Waals surface area contributed by atoms with Gasteiger partial charge in [-0.25, -0.2) is 4.98 Å². The van der Waals surface area contributed by atoms with Gasteiger partial charge >= 0.3 is 0 Å². The minimum Gasteiger partial charge on any atom is -0.441 e. The van der Waals surface area contributed by atoms with Crippen molar-refractivity contribution >= 4 is 17.5 Å². The Morgan fingerprint density at radius 2 is 1.91 bits per heavy atom. The van der Waals surface area contributed by atoms with Crippen molar-refractivity contribution in [2.24, 2.45) is 5.92 Å². The SMILES string of the molecule is Cc1oc(-c2ccc(Cl)cc2)nc1CN1CCC(C(=O)NCCN2CCCC[C@@H]2C)CC1. The molecular weight excluding hydrogens is 424 g/mol. The lowest BCUT2D eigenvalue weighted by Gasteiger charge is -2.34. The summed E-state index contributed by atoms with van der Waals surface area (Å²) in [6, 6.07) is 8.18. The predicted octanol–water partition coefficient (Wildman–Crippen LogP) is 4.51. The minimum absolute atomic E-state index is 0.119. The van der Waals surface area contributed by atoms with E-state index in [4.69, 9.17) is 21.0 Å². The number of likely N-dealkylation sites (tertiary alicyclic amines) is 2. The Balaban J connectivity index is 1.22. The molecule has 32 heavy (non-hydrogen) atoms. The maximum Gasteiger partial charge on any atom is 0.226 e. The molecule has 7 heteroatoms. The molecule has 2 aromatic rings. The van der Waals surface area contributed by atoms with Gasteiger partial charge in [-0.05, 0) is 83.4 Å². The average molecular weight is 459 g/mol. The van der Waals surface area contributed by atoms with E-state index < -0.39 is 0 Å². The molecule has 174 valence electrons. The lowest BCUT2D eigenvalue weighted by molar-refractivity contribution is -0.126. The van der Waals surface area contributed by atoms with E-state index in [-0.39, 0.29) is 11.8 Å². The number of nitrogens with one attached hydrogen (secondary N) is 1. The van der Waals surface area contributed by atoms with Gasteiger partial charge in [0.25, 0.3) is 0 Å². The summed E-state index contributed by atoms with van der Waals surface area (Å²) in [5, 5.41) is 3.88. The van der Waals surface area contributed by atoms with Gasteiger partial charge in [-0.2, -0.15) is 0 Å². The molecule has 2 aliphatic heterocycles. The topological polar surface area (TPSA) is 61.6 Å². The normalized spacial score (nSPS) is 21.0. The lowest BCUT2D eigenvalue weighted by Crippen LogP contribution is -2.45. The number of nitrogens with zero attached hydrogens (tertiary/aromatic N) is 3. The number of piperidine rings is 2. The fourth-order valence-electron chi connectivity index (χ4n) is 4.81. The number of benzene rings is 1. The summed E-state index contributed by atoms with van der Waals surface area (Å²) in [4.78, 5) is 22.2. The summed E-state index contributed by atoms with van der Waals surface area (Å²) in [6.45, 7) is 9.72. The third-order valence-corrected chi connectivity index (χ3v) is 7.21. The summed E-state index contributed by atoms with van der Waals surface area (Å²) in [5.74, 6) is 1.82. The van der Waals surface area contributed by atoms with Gasteiger partial charge in [-0.15, -0.1) is 0 Å². The van der Waals surface area contributed by atoms with E-state index in [1.807, 2.05) is 31.2 Å². The fourth-order valence-corrected chi connectivity index (χ4v) is 4.94. The van der Waals surface area contributed by atoms with E-state index in [0.717, 1.165) is 69.1 Å². The molecule has 2 fully saturated rings. The average Bonchev–Trinajstić information content (AvgIpc) is 3.16. The van der Waals surface area contributed by atoms with Gasteiger partial charge in [0.2, 0.25) is 11.8 Å². The highest BCUT2D eigenvalue weighted by Gasteiger charge is 2.26. The van der Waals surface area contributed by atoms with E-state index in [1.54, 1.807) is 0 Å². The number of hydrogen-bond donors (Lipinski definition) is 1. The molecule has 0 saturated carbocycles. The first-order valence-corrected chi connectivity index (χ1v) is 12.3. The molecule has 2 saturated heterocycles. The Morgan fingerprint density at radius 3 is 2.62 bits per heavy atom. The molecule has 0 aliphatic carbocycles. The third kappa shape index (κ3) is 5.91. The van der Waals surface area contributed by atoms with Gasteiger partial charge in [0, 0.05) is 42.2 Å².